The first-order valence-electron chi connectivity index (χ1n) is 6.76. The lowest BCUT2D eigenvalue weighted by molar-refractivity contribution is -0.0177. The van der Waals surface area contributed by atoms with Gasteiger partial charge in [-0.25, -0.2) is 0 Å². The van der Waals surface area contributed by atoms with Crippen molar-refractivity contribution in [1.82, 2.24) is 0 Å². The van der Waals surface area contributed by atoms with E-state index in [0.29, 0.717) is 0 Å². The minimum Gasteiger partial charge on any atom is -0.376 e. The van der Waals surface area contributed by atoms with Crippen LogP contribution in [0.3, 0.4) is 0 Å². The average Bonchev–Trinajstić information content (AvgIpc) is 2.16. The summed E-state index contributed by atoms with van der Waals surface area (Å²) < 4.78 is 5.67. The Hall–Kier alpha value is -0.0400. The van der Waals surface area contributed by atoms with Crippen LogP contribution in [0, 0.1) is 0 Å². The van der Waals surface area contributed by atoms with Crippen molar-refractivity contribution in [2.24, 2.45) is 0 Å². The van der Waals surface area contributed by atoms with Crippen LogP contribution in [0.5, 0.6) is 0 Å². The fraction of sp³-hybridized carbons (Fsp3) is 1.00. The van der Waals surface area contributed by atoms with Gasteiger partial charge in [0.25, 0.3) is 0 Å². The predicted octanol–water partition coefficient (Wildman–Crippen LogP) is 4.94. The number of rotatable bonds is 10. The number of ether oxygens (including phenoxy) is 1. The molecule has 1 nitrogen and oxygen atoms in total. The molecule has 92 valence electrons. The second kappa shape index (κ2) is 9.21. The van der Waals surface area contributed by atoms with Crippen LogP contribution in [0.25, 0.3) is 0 Å². The first kappa shape index (κ1) is 15.0. The van der Waals surface area contributed by atoms with Crippen molar-refractivity contribution in [3.63, 3.8) is 0 Å². The van der Waals surface area contributed by atoms with Crippen LogP contribution in [-0.4, -0.2) is 12.2 Å². The van der Waals surface area contributed by atoms with Crippen molar-refractivity contribution in [3.05, 3.63) is 0 Å². The van der Waals surface area contributed by atoms with Crippen LogP contribution in [0.4, 0.5) is 0 Å². The van der Waals surface area contributed by atoms with Crippen LogP contribution in [-0.2, 0) is 4.74 Å². The van der Waals surface area contributed by atoms with Gasteiger partial charge in [-0.15, -0.1) is 0 Å². The summed E-state index contributed by atoms with van der Waals surface area (Å²) in [6, 6.07) is 0. The summed E-state index contributed by atoms with van der Waals surface area (Å²) in [5.74, 6) is 0. The molecule has 0 amide bonds. The molecule has 0 heterocycles. The molecule has 0 fully saturated rings. The predicted molar refractivity (Wildman–Crippen MR) is 68.3 cm³/mol. The van der Waals surface area contributed by atoms with Crippen molar-refractivity contribution in [1.29, 1.82) is 0 Å². The zero-order valence-corrected chi connectivity index (χ0v) is 11.3. The van der Waals surface area contributed by atoms with E-state index in [9.17, 15) is 0 Å². The van der Waals surface area contributed by atoms with Crippen LogP contribution in [0.15, 0.2) is 0 Å². The molecule has 0 aliphatic rings. The smallest absolute Gasteiger partial charge is 0.0626 e. The highest BCUT2D eigenvalue weighted by atomic mass is 16.5. The molecule has 0 atom stereocenters. The van der Waals surface area contributed by atoms with E-state index in [-0.39, 0.29) is 5.60 Å². The van der Waals surface area contributed by atoms with Crippen LogP contribution < -0.4 is 0 Å². The molecule has 0 spiro atoms. The third-order valence-electron chi connectivity index (χ3n) is 2.92. The molecule has 0 bridgehead atoms. The molecule has 0 N–H and O–H groups in total. The molecule has 0 aromatic rings. The SMILES string of the molecule is CCCCCCCCCC(C)(C)OCC. The Kier molecular flexibility index (Phi) is 9.18. The summed E-state index contributed by atoms with van der Waals surface area (Å²) in [6.07, 6.45) is 10.9. The Morgan fingerprint density at radius 2 is 1.33 bits per heavy atom. The van der Waals surface area contributed by atoms with Gasteiger partial charge in [0.2, 0.25) is 0 Å². The highest BCUT2D eigenvalue weighted by molar-refractivity contribution is 4.67. The van der Waals surface area contributed by atoms with E-state index in [1.54, 1.807) is 0 Å². The zero-order valence-electron chi connectivity index (χ0n) is 11.3. The Morgan fingerprint density at radius 3 is 1.87 bits per heavy atom. The second-order valence-electron chi connectivity index (χ2n) is 5.06. The third kappa shape index (κ3) is 10.2. The minimum absolute atomic E-state index is 0.0954. The van der Waals surface area contributed by atoms with E-state index in [0.717, 1.165) is 6.61 Å². The van der Waals surface area contributed by atoms with E-state index < -0.39 is 0 Å². The molecule has 0 saturated heterocycles. The van der Waals surface area contributed by atoms with Gasteiger partial charge in [0.05, 0.1) is 5.60 Å². The first-order valence-corrected chi connectivity index (χ1v) is 6.76. The van der Waals surface area contributed by atoms with Gasteiger partial charge < -0.3 is 4.74 Å². The van der Waals surface area contributed by atoms with Crippen molar-refractivity contribution >= 4 is 0 Å². The van der Waals surface area contributed by atoms with E-state index in [2.05, 4.69) is 27.7 Å². The largest absolute Gasteiger partial charge is 0.376 e. The molecular weight excluding hydrogens is 184 g/mol. The molecule has 1 heteroatoms. The van der Waals surface area contributed by atoms with Crippen LogP contribution in [0.1, 0.15) is 79.1 Å². The highest BCUT2D eigenvalue weighted by Gasteiger charge is 2.16. The molecule has 15 heavy (non-hydrogen) atoms. The maximum atomic E-state index is 5.67. The summed E-state index contributed by atoms with van der Waals surface area (Å²) >= 11 is 0. The van der Waals surface area contributed by atoms with Crippen molar-refractivity contribution in [2.75, 3.05) is 6.61 Å². The molecule has 0 aromatic heterocycles. The lowest BCUT2D eigenvalue weighted by Gasteiger charge is -2.24. The van der Waals surface area contributed by atoms with Gasteiger partial charge >= 0.3 is 0 Å². The third-order valence-corrected chi connectivity index (χ3v) is 2.92. The van der Waals surface area contributed by atoms with Crippen LogP contribution >= 0.6 is 0 Å². The Balaban J connectivity index is 3.22. The number of hydrogen-bond donors (Lipinski definition) is 0. The highest BCUT2D eigenvalue weighted by Crippen LogP contribution is 2.19. The lowest BCUT2D eigenvalue weighted by Crippen LogP contribution is -2.23. The first-order chi connectivity index (χ1) is 7.12. The Morgan fingerprint density at radius 1 is 0.800 bits per heavy atom. The van der Waals surface area contributed by atoms with Crippen molar-refractivity contribution < 1.29 is 4.74 Å². The second-order valence-corrected chi connectivity index (χ2v) is 5.06. The monoisotopic (exact) mass is 214 g/mol. The average molecular weight is 214 g/mol. The summed E-state index contributed by atoms with van der Waals surface area (Å²) in [5.41, 5.74) is 0.0954. The molecule has 0 radical (unpaired) electrons. The van der Waals surface area contributed by atoms with E-state index in [1.807, 2.05) is 0 Å². The summed E-state index contributed by atoms with van der Waals surface area (Å²) in [7, 11) is 0. The van der Waals surface area contributed by atoms with Crippen molar-refractivity contribution in [2.45, 2.75) is 84.7 Å². The molecule has 0 unspecified atom stereocenters. The molecule has 0 aliphatic carbocycles. The normalized spacial score (nSPS) is 12.0. The van der Waals surface area contributed by atoms with Crippen molar-refractivity contribution in [3.8, 4) is 0 Å². The van der Waals surface area contributed by atoms with Crippen LogP contribution in [0.2, 0.25) is 0 Å². The van der Waals surface area contributed by atoms with E-state index >= 15 is 0 Å². The van der Waals surface area contributed by atoms with Gasteiger partial charge in [-0.1, -0.05) is 51.9 Å². The molecule has 0 aromatic carbocycles. The van der Waals surface area contributed by atoms with Gasteiger partial charge in [-0.2, -0.15) is 0 Å². The topological polar surface area (TPSA) is 9.23 Å². The fourth-order valence-corrected chi connectivity index (χ4v) is 1.97. The Labute approximate surface area is 96.6 Å². The summed E-state index contributed by atoms with van der Waals surface area (Å²) in [4.78, 5) is 0. The summed E-state index contributed by atoms with van der Waals surface area (Å²) in [5, 5.41) is 0. The standard InChI is InChI=1S/C14H30O/c1-5-7-8-9-10-11-12-13-14(3,4)15-6-2/h5-13H2,1-4H3. The van der Waals surface area contributed by atoms with Gasteiger partial charge in [0.15, 0.2) is 0 Å². The fourth-order valence-electron chi connectivity index (χ4n) is 1.97. The lowest BCUT2D eigenvalue weighted by atomic mass is 9.99. The molecular formula is C14H30O. The minimum atomic E-state index is 0.0954. The van der Waals surface area contributed by atoms with Gasteiger partial charge in [0.1, 0.15) is 0 Å². The summed E-state index contributed by atoms with van der Waals surface area (Å²) in [6.45, 7) is 9.59. The zero-order chi connectivity index (χ0) is 11.6. The Bertz CT molecular complexity index is 129. The molecule has 0 saturated carbocycles. The molecule has 0 rings (SSSR count). The van der Waals surface area contributed by atoms with E-state index in [4.69, 9.17) is 4.74 Å². The number of hydrogen-bond acceptors (Lipinski definition) is 1. The van der Waals surface area contributed by atoms with Gasteiger partial charge in [0, 0.05) is 6.61 Å². The van der Waals surface area contributed by atoms with Gasteiger partial charge in [-0.3, -0.25) is 0 Å². The maximum absolute atomic E-state index is 5.67. The molecule has 0 aliphatic heterocycles. The quantitative estimate of drug-likeness (QED) is 0.468. The van der Waals surface area contributed by atoms with Gasteiger partial charge in [-0.05, 0) is 27.2 Å². The maximum Gasteiger partial charge on any atom is 0.0626 e. The number of unbranched alkanes of at least 4 members (excludes halogenated alkanes) is 6. The van der Waals surface area contributed by atoms with E-state index in [1.165, 1.54) is 51.4 Å².